The molecule has 4 rings (SSSR count). The Morgan fingerprint density at radius 1 is 1.23 bits per heavy atom. The van der Waals surface area contributed by atoms with Gasteiger partial charge in [0.25, 0.3) is 0 Å². The number of piperidine rings is 1. The molecule has 0 aliphatic carbocycles. The molecule has 1 saturated heterocycles. The number of nitrogens with one attached hydrogen (secondary N) is 1. The molecule has 4 heteroatoms. The standard InChI is InChI=1S/C22H26N2O2/c1-16(17-6-8-23-9-7-17)10-20-15-26-21(11-22(20)25)14-24-12-18-4-2-3-5-19(18)13-24/h2-5,10-11,15,17,23H,6-9,12-14H2,1H3/b16-10+. The molecule has 0 bridgehead atoms. The Hall–Kier alpha value is -2.17. The van der Waals surface area contributed by atoms with Crippen LogP contribution in [0.1, 0.15) is 42.2 Å². The van der Waals surface area contributed by atoms with E-state index in [1.54, 1.807) is 12.3 Å². The molecule has 0 unspecified atom stereocenters. The van der Waals surface area contributed by atoms with Crippen molar-refractivity contribution in [3.05, 3.63) is 74.8 Å². The van der Waals surface area contributed by atoms with Crippen molar-refractivity contribution in [3.63, 3.8) is 0 Å². The summed E-state index contributed by atoms with van der Waals surface area (Å²) in [5.41, 5.74) is 4.73. The van der Waals surface area contributed by atoms with Gasteiger partial charge in [-0.05, 0) is 56.0 Å². The van der Waals surface area contributed by atoms with Gasteiger partial charge >= 0.3 is 0 Å². The summed E-state index contributed by atoms with van der Waals surface area (Å²) in [6.07, 6.45) is 5.92. The fourth-order valence-corrected chi connectivity index (χ4v) is 4.03. The molecular formula is C22H26N2O2. The van der Waals surface area contributed by atoms with Crippen LogP contribution in [0.5, 0.6) is 0 Å². The van der Waals surface area contributed by atoms with Gasteiger partial charge in [-0.25, -0.2) is 0 Å². The minimum Gasteiger partial charge on any atom is -0.467 e. The lowest BCUT2D eigenvalue weighted by molar-refractivity contribution is 0.248. The van der Waals surface area contributed by atoms with Gasteiger partial charge < -0.3 is 9.73 Å². The van der Waals surface area contributed by atoms with Crippen molar-refractivity contribution in [2.24, 2.45) is 5.92 Å². The molecule has 2 aliphatic rings. The van der Waals surface area contributed by atoms with Crippen LogP contribution in [0.25, 0.3) is 6.08 Å². The van der Waals surface area contributed by atoms with E-state index in [0.29, 0.717) is 18.0 Å². The molecule has 1 fully saturated rings. The highest BCUT2D eigenvalue weighted by Gasteiger charge is 2.19. The zero-order valence-electron chi connectivity index (χ0n) is 15.3. The SMILES string of the molecule is C/C(=C\c1coc(CN2Cc3ccccc3C2)cc1=O)C1CCNCC1. The normalized spacial score (nSPS) is 18.9. The minimum atomic E-state index is 0.0521. The smallest absolute Gasteiger partial charge is 0.192 e. The first-order chi connectivity index (χ1) is 12.7. The van der Waals surface area contributed by atoms with Crippen molar-refractivity contribution < 1.29 is 4.42 Å². The summed E-state index contributed by atoms with van der Waals surface area (Å²) in [6.45, 7) is 6.74. The predicted molar refractivity (Wildman–Crippen MR) is 104 cm³/mol. The van der Waals surface area contributed by atoms with E-state index in [1.807, 2.05) is 6.08 Å². The Morgan fingerprint density at radius 2 is 1.92 bits per heavy atom. The molecule has 26 heavy (non-hydrogen) atoms. The molecule has 1 N–H and O–H groups in total. The third kappa shape index (κ3) is 3.81. The van der Waals surface area contributed by atoms with Crippen molar-refractivity contribution in [2.75, 3.05) is 13.1 Å². The van der Waals surface area contributed by atoms with Gasteiger partial charge in [-0.2, -0.15) is 0 Å². The fraction of sp³-hybridized carbons (Fsp3) is 0.409. The highest BCUT2D eigenvalue weighted by Crippen LogP contribution is 2.24. The largest absolute Gasteiger partial charge is 0.467 e. The topological polar surface area (TPSA) is 45.5 Å². The van der Waals surface area contributed by atoms with Gasteiger partial charge in [-0.15, -0.1) is 0 Å². The molecule has 0 amide bonds. The number of nitrogens with zero attached hydrogens (tertiary/aromatic N) is 1. The minimum absolute atomic E-state index is 0.0521. The van der Waals surface area contributed by atoms with Crippen LogP contribution in [0.3, 0.4) is 0 Å². The maximum absolute atomic E-state index is 12.5. The van der Waals surface area contributed by atoms with Crippen molar-refractivity contribution >= 4 is 6.08 Å². The summed E-state index contributed by atoms with van der Waals surface area (Å²) in [5, 5.41) is 3.38. The third-order valence-corrected chi connectivity index (χ3v) is 5.57. The lowest BCUT2D eigenvalue weighted by atomic mass is 9.90. The van der Waals surface area contributed by atoms with Gasteiger partial charge in [0.15, 0.2) is 5.43 Å². The summed E-state index contributed by atoms with van der Waals surface area (Å²) >= 11 is 0. The lowest BCUT2D eigenvalue weighted by Crippen LogP contribution is -2.28. The first-order valence-corrected chi connectivity index (χ1v) is 9.49. The zero-order chi connectivity index (χ0) is 17.9. The number of rotatable bonds is 4. The molecule has 0 radical (unpaired) electrons. The summed E-state index contributed by atoms with van der Waals surface area (Å²) in [6, 6.07) is 10.2. The second-order valence-electron chi connectivity index (χ2n) is 7.49. The van der Waals surface area contributed by atoms with Crippen molar-refractivity contribution in [3.8, 4) is 0 Å². The highest BCUT2D eigenvalue weighted by atomic mass is 16.3. The molecule has 2 aliphatic heterocycles. The fourth-order valence-electron chi connectivity index (χ4n) is 4.03. The van der Waals surface area contributed by atoms with E-state index >= 15 is 0 Å². The summed E-state index contributed by atoms with van der Waals surface area (Å²) in [5.74, 6) is 1.30. The molecule has 0 atom stereocenters. The first-order valence-electron chi connectivity index (χ1n) is 9.49. The van der Waals surface area contributed by atoms with Crippen molar-refractivity contribution in [2.45, 2.75) is 39.4 Å². The molecule has 1 aromatic carbocycles. The van der Waals surface area contributed by atoms with Crippen LogP contribution >= 0.6 is 0 Å². The van der Waals surface area contributed by atoms with Gasteiger partial charge in [0.2, 0.25) is 0 Å². The van der Waals surface area contributed by atoms with Crippen LogP contribution in [0.4, 0.5) is 0 Å². The van der Waals surface area contributed by atoms with Crippen LogP contribution in [-0.4, -0.2) is 18.0 Å². The van der Waals surface area contributed by atoms with E-state index in [-0.39, 0.29) is 5.43 Å². The number of benzene rings is 1. The molecular weight excluding hydrogens is 324 g/mol. The molecule has 3 heterocycles. The average Bonchev–Trinajstić information content (AvgIpc) is 3.07. The Bertz CT molecular complexity index is 837. The Morgan fingerprint density at radius 3 is 2.58 bits per heavy atom. The molecule has 136 valence electrons. The Labute approximate surface area is 154 Å². The van der Waals surface area contributed by atoms with E-state index in [2.05, 4.69) is 41.4 Å². The van der Waals surface area contributed by atoms with Gasteiger partial charge in [-0.3, -0.25) is 9.69 Å². The molecule has 2 aromatic rings. The summed E-state index contributed by atoms with van der Waals surface area (Å²) in [7, 11) is 0. The molecule has 0 spiro atoms. The van der Waals surface area contributed by atoms with Crippen LogP contribution < -0.4 is 10.7 Å². The summed E-state index contributed by atoms with van der Waals surface area (Å²) in [4.78, 5) is 14.8. The van der Waals surface area contributed by atoms with E-state index in [1.165, 1.54) is 16.7 Å². The number of hydrogen-bond donors (Lipinski definition) is 1. The van der Waals surface area contributed by atoms with E-state index in [4.69, 9.17) is 4.42 Å². The van der Waals surface area contributed by atoms with E-state index in [0.717, 1.165) is 44.8 Å². The molecule has 4 nitrogen and oxygen atoms in total. The summed E-state index contributed by atoms with van der Waals surface area (Å²) < 4.78 is 5.79. The number of hydrogen-bond acceptors (Lipinski definition) is 4. The highest BCUT2D eigenvalue weighted by molar-refractivity contribution is 5.51. The van der Waals surface area contributed by atoms with Crippen LogP contribution in [0.2, 0.25) is 0 Å². The predicted octanol–water partition coefficient (Wildman–Crippen LogP) is 3.56. The number of fused-ring (bicyclic) bond motifs is 1. The van der Waals surface area contributed by atoms with Crippen LogP contribution in [-0.2, 0) is 19.6 Å². The quantitative estimate of drug-likeness (QED) is 0.916. The van der Waals surface area contributed by atoms with Crippen LogP contribution in [0.15, 0.2) is 51.4 Å². The second-order valence-corrected chi connectivity index (χ2v) is 7.49. The van der Waals surface area contributed by atoms with Gasteiger partial charge in [-0.1, -0.05) is 29.8 Å². The maximum atomic E-state index is 12.5. The van der Waals surface area contributed by atoms with Crippen molar-refractivity contribution in [1.82, 2.24) is 10.2 Å². The van der Waals surface area contributed by atoms with Gasteiger partial charge in [0, 0.05) is 19.2 Å². The van der Waals surface area contributed by atoms with Crippen molar-refractivity contribution in [1.29, 1.82) is 0 Å². The second kappa shape index (κ2) is 7.60. The van der Waals surface area contributed by atoms with E-state index in [9.17, 15) is 4.79 Å². The third-order valence-electron chi connectivity index (χ3n) is 5.57. The van der Waals surface area contributed by atoms with Gasteiger partial charge in [0.05, 0.1) is 12.1 Å². The first kappa shape index (κ1) is 17.3. The monoisotopic (exact) mass is 350 g/mol. The molecule has 1 aromatic heterocycles. The average molecular weight is 350 g/mol. The van der Waals surface area contributed by atoms with E-state index < -0.39 is 0 Å². The number of allylic oxidation sites excluding steroid dienone is 1. The Balaban J connectivity index is 1.44. The molecule has 0 saturated carbocycles. The Kier molecular flexibility index (Phi) is 5.05. The maximum Gasteiger partial charge on any atom is 0.192 e. The lowest BCUT2D eigenvalue weighted by Gasteiger charge is -2.23. The zero-order valence-corrected chi connectivity index (χ0v) is 15.3. The van der Waals surface area contributed by atoms with Gasteiger partial charge in [0.1, 0.15) is 12.0 Å². The van der Waals surface area contributed by atoms with Crippen LogP contribution in [0, 0.1) is 5.92 Å².